The van der Waals surface area contributed by atoms with Gasteiger partial charge in [0.25, 0.3) is 0 Å². The smallest absolute Gasteiger partial charge is 0.213 e. The van der Waals surface area contributed by atoms with E-state index < -0.39 is 0 Å². The lowest BCUT2D eigenvalue weighted by Crippen LogP contribution is -2.46. The number of pyridine rings is 2. The SMILES string of the molecule is CC1C(c2ccccc2-c2ccccn2)C12c1ccccc1-c1cccc[n+]12. The van der Waals surface area contributed by atoms with E-state index in [0.29, 0.717) is 11.8 Å². The van der Waals surface area contributed by atoms with Gasteiger partial charge < -0.3 is 0 Å². The quantitative estimate of drug-likeness (QED) is 0.449. The maximum Gasteiger partial charge on any atom is 0.213 e. The third-order valence-corrected chi connectivity index (χ3v) is 6.69. The molecule has 0 radical (unpaired) electrons. The van der Waals surface area contributed by atoms with Gasteiger partial charge in [-0.05, 0) is 29.8 Å². The Morgan fingerprint density at radius 2 is 1.54 bits per heavy atom. The van der Waals surface area contributed by atoms with Crippen LogP contribution in [0.25, 0.3) is 22.5 Å². The van der Waals surface area contributed by atoms with E-state index in [4.69, 9.17) is 0 Å². The van der Waals surface area contributed by atoms with E-state index >= 15 is 0 Å². The molecule has 4 aromatic rings. The van der Waals surface area contributed by atoms with Gasteiger partial charge in [0.1, 0.15) is 0 Å². The summed E-state index contributed by atoms with van der Waals surface area (Å²) in [6.07, 6.45) is 4.14. The molecule has 2 aliphatic rings. The molecule has 0 saturated heterocycles. The molecule has 1 saturated carbocycles. The highest BCUT2D eigenvalue weighted by molar-refractivity contribution is 5.72. The normalized spacial score (nSPS) is 24.0. The highest BCUT2D eigenvalue weighted by Crippen LogP contribution is 2.67. The van der Waals surface area contributed by atoms with Crippen LogP contribution in [-0.2, 0) is 5.54 Å². The number of rotatable bonds is 2. The molecule has 2 aromatic heterocycles. The van der Waals surface area contributed by atoms with Crippen LogP contribution in [0.3, 0.4) is 0 Å². The Labute approximate surface area is 165 Å². The van der Waals surface area contributed by atoms with Gasteiger partial charge in [0.15, 0.2) is 6.20 Å². The molecule has 134 valence electrons. The Bertz CT molecular complexity index is 1150. The number of hydrogen-bond donors (Lipinski definition) is 0. The predicted octanol–water partition coefficient (Wildman–Crippen LogP) is 5.19. The summed E-state index contributed by atoms with van der Waals surface area (Å²) in [5.74, 6) is 0.952. The van der Waals surface area contributed by atoms with Crippen molar-refractivity contribution in [2.45, 2.75) is 18.4 Å². The summed E-state index contributed by atoms with van der Waals surface area (Å²) in [7, 11) is 0. The fraction of sp³-hybridized carbons (Fsp3) is 0.154. The minimum atomic E-state index is -0.00191. The van der Waals surface area contributed by atoms with Gasteiger partial charge in [-0.25, -0.2) is 0 Å². The molecule has 0 bridgehead atoms. The van der Waals surface area contributed by atoms with Gasteiger partial charge >= 0.3 is 0 Å². The Balaban J connectivity index is 1.59. The molecular weight excluding hydrogens is 340 g/mol. The second-order valence-corrected chi connectivity index (χ2v) is 7.90. The van der Waals surface area contributed by atoms with Gasteiger partial charge in [-0.1, -0.05) is 55.5 Å². The number of nitrogens with zero attached hydrogens (tertiary/aromatic N) is 2. The maximum atomic E-state index is 4.64. The molecule has 3 heterocycles. The topological polar surface area (TPSA) is 16.8 Å². The van der Waals surface area contributed by atoms with E-state index in [1.54, 1.807) is 0 Å². The van der Waals surface area contributed by atoms with Crippen LogP contribution in [0.1, 0.15) is 24.0 Å². The summed E-state index contributed by atoms with van der Waals surface area (Å²) in [6.45, 7) is 2.39. The van der Waals surface area contributed by atoms with Crippen molar-refractivity contribution in [1.29, 1.82) is 0 Å². The molecule has 6 rings (SSSR count). The standard InChI is InChI=1S/C26H21N2/c1-18-25(20-11-3-2-10-19(20)23-14-6-8-16-27-23)26(18)22-13-5-4-12-21(22)24-15-7-9-17-28(24)26/h2-18,25H,1H3/q+1. The van der Waals surface area contributed by atoms with Gasteiger partial charge in [0.2, 0.25) is 11.2 Å². The lowest BCUT2D eigenvalue weighted by atomic mass is 9.93. The molecule has 1 spiro atoms. The second-order valence-electron chi connectivity index (χ2n) is 7.90. The van der Waals surface area contributed by atoms with Gasteiger partial charge in [-0.2, -0.15) is 4.57 Å². The van der Waals surface area contributed by atoms with Crippen LogP contribution in [0, 0.1) is 5.92 Å². The molecule has 0 N–H and O–H groups in total. The molecule has 2 heteroatoms. The van der Waals surface area contributed by atoms with Gasteiger partial charge in [0.05, 0.1) is 17.2 Å². The number of benzene rings is 2. The van der Waals surface area contributed by atoms with Crippen LogP contribution in [-0.4, -0.2) is 4.98 Å². The van der Waals surface area contributed by atoms with Crippen molar-refractivity contribution in [3.63, 3.8) is 0 Å². The first-order valence-electron chi connectivity index (χ1n) is 9.95. The summed E-state index contributed by atoms with van der Waals surface area (Å²) in [6, 6.07) is 30.4. The van der Waals surface area contributed by atoms with E-state index in [0.717, 1.165) is 5.69 Å². The van der Waals surface area contributed by atoms with Crippen molar-refractivity contribution in [2.24, 2.45) is 5.92 Å². The summed E-state index contributed by atoms with van der Waals surface area (Å²) in [4.78, 5) is 4.64. The van der Waals surface area contributed by atoms with E-state index in [9.17, 15) is 0 Å². The van der Waals surface area contributed by atoms with Gasteiger partial charge in [-0.3, -0.25) is 4.98 Å². The molecule has 1 aliphatic heterocycles. The number of fused-ring (bicyclic) bond motifs is 5. The predicted molar refractivity (Wildman–Crippen MR) is 111 cm³/mol. The van der Waals surface area contributed by atoms with Gasteiger partial charge in [0, 0.05) is 35.4 Å². The Kier molecular flexibility index (Phi) is 3.16. The lowest BCUT2D eigenvalue weighted by molar-refractivity contribution is -0.717. The molecule has 2 nitrogen and oxygen atoms in total. The zero-order valence-corrected chi connectivity index (χ0v) is 15.8. The second kappa shape index (κ2) is 5.62. The summed E-state index contributed by atoms with van der Waals surface area (Å²) in [5.41, 5.74) is 7.84. The Morgan fingerprint density at radius 1 is 0.786 bits per heavy atom. The molecule has 1 fully saturated rings. The summed E-state index contributed by atoms with van der Waals surface area (Å²) >= 11 is 0. The highest BCUT2D eigenvalue weighted by atomic mass is 15.2. The van der Waals surface area contributed by atoms with Crippen molar-refractivity contribution in [1.82, 2.24) is 4.98 Å². The van der Waals surface area contributed by atoms with Crippen LogP contribution >= 0.6 is 0 Å². The van der Waals surface area contributed by atoms with E-state index in [1.807, 2.05) is 12.3 Å². The first-order chi connectivity index (χ1) is 13.8. The zero-order chi connectivity index (χ0) is 18.7. The molecule has 3 atom stereocenters. The third kappa shape index (κ3) is 1.87. The van der Waals surface area contributed by atoms with Crippen LogP contribution in [0.15, 0.2) is 97.3 Å². The number of aromatic nitrogens is 2. The Hall–Kier alpha value is -3.26. The van der Waals surface area contributed by atoms with Crippen molar-refractivity contribution in [3.05, 3.63) is 108 Å². The fourth-order valence-corrected chi connectivity index (χ4v) is 5.53. The molecule has 2 aromatic carbocycles. The van der Waals surface area contributed by atoms with E-state index in [-0.39, 0.29) is 5.54 Å². The molecule has 0 amide bonds. The summed E-state index contributed by atoms with van der Waals surface area (Å²) < 4.78 is 2.52. The Morgan fingerprint density at radius 3 is 2.39 bits per heavy atom. The maximum absolute atomic E-state index is 4.64. The van der Waals surface area contributed by atoms with Crippen LogP contribution in [0.2, 0.25) is 0 Å². The average Bonchev–Trinajstić information content (AvgIpc) is 3.28. The monoisotopic (exact) mass is 361 g/mol. The van der Waals surface area contributed by atoms with E-state index in [1.165, 1.54) is 27.9 Å². The van der Waals surface area contributed by atoms with Crippen LogP contribution < -0.4 is 4.57 Å². The minimum absolute atomic E-state index is 0.00191. The summed E-state index contributed by atoms with van der Waals surface area (Å²) in [5, 5.41) is 0. The first-order valence-corrected chi connectivity index (χ1v) is 9.95. The molecular formula is C26H21N2+. The average molecular weight is 361 g/mol. The van der Waals surface area contributed by atoms with Crippen molar-refractivity contribution >= 4 is 0 Å². The highest BCUT2D eigenvalue weighted by Gasteiger charge is 2.75. The molecule has 3 unspecified atom stereocenters. The van der Waals surface area contributed by atoms with Crippen molar-refractivity contribution in [3.8, 4) is 22.5 Å². The number of hydrogen-bond acceptors (Lipinski definition) is 1. The van der Waals surface area contributed by atoms with Crippen molar-refractivity contribution in [2.75, 3.05) is 0 Å². The van der Waals surface area contributed by atoms with E-state index in [2.05, 4.69) is 102 Å². The van der Waals surface area contributed by atoms with Crippen molar-refractivity contribution < 1.29 is 4.57 Å². The third-order valence-electron chi connectivity index (χ3n) is 6.69. The molecule has 1 aliphatic carbocycles. The first kappa shape index (κ1) is 15.8. The minimum Gasteiger partial charge on any atom is -0.256 e. The molecule has 28 heavy (non-hydrogen) atoms. The van der Waals surface area contributed by atoms with Crippen LogP contribution in [0.5, 0.6) is 0 Å². The fourth-order valence-electron chi connectivity index (χ4n) is 5.53. The van der Waals surface area contributed by atoms with Gasteiger partial charge in [-0.15, -0.1) is 0 Å². The zero-order valence-electron chi connectivity index (χ0n) is 15.8. The lowest BCUT2D eigenvalue weighted by Gasteiger charge is -2.12. The van der Waals surface area contributed by atoms with Crippen LogP contribution in [0.4, 0.5) is 0 Å². The largest absolute Gasteiger partial charge is 0.256 e.